The minimum absolute atomic E-state index is 0.135. The quantitative estimate of drug-likeness (QED) is 0.337. The number of nitrogens with one attached hydrogen (secondary N) is 2. The molecule has 0 bridgehead atoms. The molecule has 0 aliphatic heterocycles. The summed E-state index contributed by atoms with van der Waals surface area (Å²) in [5, 5.41) is 19.0. The van der Waals surface area contributed by atoms with Crippen molar-refractivity contribution < 1.29 is 24.6 Å². The van der Waals surface area contributed by atoms with Gasteiger partial charge < -0.3 is 25.1 Å². The summed E-state index contributed by atoms with van der Waals surface area (Å²) in [5.74, 6) is -3.51. The third-order valence-corrected chi connectivity index (χ3v) is 4.18. The summed E-state index contributed by atoms with van der Waals surface area (Å²) in [7, 11) is 0. The van der Waals surface area contributed by atoms with Gasteiger partial charge in [0, 0.05) is 49.0 Å². The SMILES string of the molecule is O=C(CCCc1c[nH]c2ccccc12)NCCCn1ccnc1.O=C(O)C(=O)O. The molecule has 0 aliphatic rings. The number of nitrogens with zero attached hydrogens (tertiary/aromatic N) is 2. The molecule has 3 aromatic rings. The Morgan fingerprint density at radius 2 is 1.86 bits per heavy atom. The van der Waals surface area contributed by atoms with Crippen LogP contribution in [0.3, 0.4) is 0 Å². The second-order valence-corrected chi connectivity index (χ2v) is 6.33. The van der Waals surface area contributed by atoms with E-state index in [4.69, 9.17) is 19.8 Å². The molecule has 9 nitrogen and oxygen atoms in total. The van der Waals surface area contributed by atoms with Gasteiger partial charge in [0.25, 0.3) is 0 Å². The van der Waals surface area contributed by atoms with Crippen LogP contribution in [0.25, 0.3) is 10.9 Å². The molecule has 3 rings (SSSR count). The smallest absolute Gasteiger partial charge is 0.414 e. The molecular weight excluding hydrogens is 376 g/mol. The minimum atomic E-state index is -1.82. The van der Waals surface area contributed by atoms with Crippen molar-refractivity contribution in [2.24, 2.45) is 0 Å². The lowest BCUT2D eigenvalue weighted by atomic mass is 10.1. The maximum absolute atomic E-state index is 11.9. The van der Waals surface area contributed by atoms with Crippen molar-refractivity contribution in [1.29, 1.82) is 0 Å². The summed E-state index contributed by atoms with van der Waals surface area (Å²) in [5.41, 5.74) is 2.44. The Balaban J connectivity index is 0.000000438. The van der Waals surface area contributed by atoms with E-state index in [1.165, 1.54) is 10.9 Å². The van der Waals surface area contributed by atoms with Gasteiger partial charge in [-0.2, -0.15) is 0 Å². The van der Waals surface area contributed by atoms with Crippen LogP contribution < -0.4 is 5.32 Å². The molecule has 154 valence electrons. The molecule has 9 heteroatoms. The van der Waals surface area contributed by atoms with Gasteiger partial charge >= 0.3 is 11.9 Å². The van der Waals surface area contributed by atoms with Crippen molar-refractivity contribution in [3.8, 4) is 0 Å². The highest BCUT2D eigenvalue weighted by Crippen LogP contribution is 2.19. The van der Waals surface area contributed by atoms with E-state index in [0.29, 0.717) is 13.0 Å². The Hall–Kier alpha value is -3.62. The zero-order chi connectivity index (χ0) is 21.1. The number of imidazole rings is 1. The number of aliphatic carboxylic acids is 2. The summed E-state index contributed by atoms with van der Waals surface area (Å²) >= 11 is 0. The fraction of sp³-hybridized carbons (Fsp3) is 0.300. The van der Waals surface area contributed by atoms with Crippen LogP contribution >= 0.6 is 0 Å². The summed E-state index contributed by atoms with van der Waals surface area (Å²) in [6.07, 6.45) is 10.8. The molecule has 0 saturated carbocycles. The number of carbonyl (C=O) groups excluding carboxylic acids is 1. The Bertz CT molecular complexity index is 921. The van der Waals surface area contributed by atoms with E-state index in [2.05, 4.69) is 27.4 Å². The number of carboxylic acid groups (broad SMARTS) is 2. The largest absolute Gasteiger partial charge is 0.473 e. The molecular formula is C20H24N4O5. The summed E-state index contributed by atoms with van der Waals surface area (Å²) in [6, 6.07) is 8.27. The Kier molecular flexibility index (Phi) is 8.43. The van der Waals surface area contributed by atoms with Crippen LogP contribution in [0.1, 0.15) is 24.8 Å². The van der Waals surface area contributed by atoms with E-state index in [0.717, 1.165) is 31.3 Å². The van der Waals surface area contributed by atoms with Gasteiger partial charge in [0.1, 0.15) is 0 Å². The van der Waals surface area contributed by atoms with Gasteiger partial charge in [-0.05, 0) is 30.9 Å². The first-order valence-electron chi connectivity index (χ1n) is 9.21. The number of amides is 1. The molecule has 0 aliphatic carbocycles. The molecule has 0 saturated heterocycles. The molecule has 0 spiro atoms. The number of rotatable bonds is 8. The predicted molar refractivity (Wildman–Crippen MR) is 106 cm³/mol. The first-order valence-corrected chi connectivity index (χ1v) is 9.21. The second-order valence-electron chi connectivity index (χ2n) is 6.33. The number of hydrogen-bond acceptors (Lipinski definition) is 4. The molecule has 1 aromatic carbocycles. The standard InChI is InChI=1S/C18H22N4O.C2H2O4/c23-18(20-9-4-11-22-12-10-19-14-22)8-3-5-15-13-21-17-7-2-1-6-16(15)17;3-1(4)2(5)6/h1-2,6-7,10,12-14,21H,3-5,8-9,11H2,(H,20,23);(H,3,4)(H,5,6). The lowest BCUT2D eigenvalue weighted by molar-refractivity contribution is -0.159. The average molecular weight is 400 g/mol. The van der Waals surface area contributed by atoms with Gasteiger partial charge in [0.15, 0.2) is 0 Å². The van der Waals surface area contributed by atoms with E-state index >= 15 is 0 Å². The number of H-pyrrole nitrogens is 1. The van der Waals surface area contributed by atoms with E-state index in [1.807, 2.05) is 29.1 Å². The van der Waals surface area contributed by atoms with Gasteiger partial charge in [-0.1, -0.05) is 18.2 Å². The minimum Gasteiger partial charge on any atom is -0.473 e. The third kappa shape index (κ3) is 7.49. The Morgan fingerprint density at radius 1 is 1.10 bits per heavy atom. The fourth-order valence-corrected chi connectivity index (χ4v) is 2.77. The van der Waals surface area contributed by atoms with Crippen LogP contribution in [0.15, 0.2) is 49.2 Å². The molecule has 0 radical (unpaired) electrons. The molecule has 2 heterocycles. The maximum atomic E-state index is 11.9. The van der Waals surface area contributed by atoms with Crippen LogP contribution in [0.5, 0.6) is 0 Å². The number of aryl methyl sites for hydroxylation is 2. The van der Waals surface area contributed by atoms with Crippen molar-refractivity contribution in [3.63, 3.8) is 0 Å². The molecule has 2 aromatic heterocycles. The Labute approximate surface area is 167 Å². The summed E-state index contributed by atoms with van der Waals surface area (Å²) in [4.78, 5) is 37.3. The number of carbonyl (C=O) groups is 3. The van der Waals surface area contributed by atoms with Crippen molar-refractivity contribution in [1.82, 2.24) is 19.9 Å². The zero-order valence-electron chi connectivity index (χ0n) is 15.9. The van der Waals surface area contributed by atoms with Crippen LogP contribution in [0.4, 0.5) is 0 Å². The van der Waals surface area contributed by atoms with E-state index < -0.39 is 11.9 Å². The van der Waals surface area contributed by atoms with Crippen molar-refractivity contribution >= 4 is 28.7 Å². The van der Waals surface area contributed by atoms with Crippen LogP contribution in [-0.4, -0.2) is 49.1 Å². The van der Waals surface area contributed by atoms with Crippen LogP contribution in [-0.2, 0) is 27.3 Å². The highest BCUT2D eigenvalue weighted by atomic mass is 16.4. The third-order valence-electron chi connectivity index (χ3n) is 4.18. The van der Waals surface area contributed by atoms with Crippen LogP contribution in [0.2, 0.25) is 0 Å². The first kappa shape index (κ1) is 21.7. The van der Waals surface area contributed by atoms with Crippen molar-refractivity contribution in [3.05, 3.63) is 54.7 Å². The fourth-order valence-electron chi connectivity index (χ4n) is 2.77. The molecule has 0 atom stereocenters. The van der Waals surface area contributed by atoms with E-state index in [1.54, 1.807) is 12.5 Å². The van der Waals surface area contributed by atoms with Crippen molar-refractivity contribution in [2.45, 2.75) is 32.2 Å². The number of fused-ring (bicyclic) bond motifs is 1. The molecule has 0 unspecified atom stereocenters. The van der Waals surface area contributed by atoms with E-state index in [-0.39, 0.29) is 5.91 Å². The summed E-state index contributed by atoms with van der Waals surface area (Å²) in [6.45, 7) is 1.60. The maximum Gasteiger partial charge on any atom is 0.414 e. The van der Waals surface area contributed by atoms with Gasteiger partial charge in [0.05, 0.1) is 6.33 Å². The molecule has 1 amide bonds. The predicted octanol–water partition coefficient (Wildman–Crippen LogP) is 2.05. The van der Waals surface area contributed by atoms with E-state index in [9.17, 15) is 4.79 Å². The number of aromatic nitrogens is 3. The summed E-state index contributed by atoms with van der Waals surface area (Å²) < 4.78 is 2.02. The average Bonchev–Trinajstić information content (AvgIpc) is 3.36. The van der Waals surface area contributed by atoms with Gasteiger partial charge in [-0.15, -0.1) is 0 Å². The number of para-hydroxylation sites is 1. The zero-order valence-corrected chi connectivity index (χ0v) is 15.9. The topological polar surface area (TPSA) is 137 Å². The van der Waals surface area contributed by atoms with Gasteiger partial charge in [-0.3, -0.25) is 4.79 Å². The highest BCUT2D eigenvalue weighted by Gasteiger charge is 2.05. The normalized spacial score (nSPS) is 10.2. The first-order chi connectivity index (χ1) is 14.0. The Morgan fingerprint density at radius 3 is 2.55 bits per heavy atom. The lowest BCUT2D eigenvalue weighted by Crippen LogP contribution is -2.24. The van der Waals surface area contributed by atoms with Gasteiger partial charge in [0.2, 0.25) is 5.91 Å². The lowest BCUT2D eigenvalue weighted by Gasteiger charge is -2.05. The van der Waals surface area contributed by atoms with Crippen LogP contribution in [0, 0.1) is 0 Å². The van der Waals surface area contributed by atoms with Crippen molar-refractivity contribution in [2.75, 3.05) is 6.54 Å². The number of carboxylic acids is 2. The number of benzene rings is 1. The molecule has 0 fully saturated rings. The number of aromatic amines is 1. The monoisotopic (exact) mass is 400 g/mol. The highest BCUT2D eigenvalue weighted by molar-refractivity contribution is 6.27. The second kappa shape index (κ2) is 11.3. The molecule has 4 N–H and O–H groups in total. The van der Waals surface area contributed by atoms with Gasteiger partial charge in [-0.25, -0.2) is 14.6 Å². The number of hydrogen-bond donors (Lipinski definition) is 4. The molecule has 29 heavy (non-hydrogen) atoms.